The highest BCUT2D eigenvalue weighted by Gasteiger charge is 2.50. The van der Waals surface area contributed by atoms with Crippen LogP contribution in [0.1, 0.15) is 25.0 Å². The molecule has 0 radical (unpaired) electrons. The van der Waals surface area contributed by atoms with Crippen molar-refractivity contribution in [2.75, 3.05) is 13.2 Å². The van der Waals surface area contributed by atoms with Gasteiger partial charge in [0.05, 0.1) is 11.8 Å². The van der Waals surface area contributed by atoms with Gasteiger partial charge in [-0.05, 0) is 31.2 Å². The van der Waals surface area contributed by atoms with Gasteiger partial charge in [-0.1, -0.05) is 0 Å². The number of nitrogens with two attached hydrogens (primary N) is 1. The molecule has 4 nitrogen and oxygen atoms in total. The van der Waals surface area contributed by atoms with Crippen LogP contribution in [0.2, 0.25) is 0 Å². The second kappa shape index (κ2) is 4.10. The first-order valence-corrected chi connectivity index (χ1v) is 6.54. The number of hydrogen-bond donors (Lipinski definition) is 1. The first-order chi connectivity index (χ1) is 8.23. The van der Waals surface area contributed by atoms with Gasteiger partial charge in [0.2, 0.25) is 0 Å². The van der Waals surface area contributed by atoms with E-state index in [0.717, 1.165) is 31.1 Å². The molecule has 2 fully saturated rings. The molecule has 17 heavy (non-hydrogen) atoms. The van der Waals surface area contributed by atoms with Gasteiger partial charge in [-0.2, -0.15) is 5.10 Å². The van der Waals surface area contributed by atoms with Crippen LogP contribution < -0.4 is 5.73 Å². The zero-order valence-corrected chi connectivity index (χ0v) is 10.4. The van der Waals surface area contributed by atoms with Crippen molar-refractivity contribution < 1.29 is 4.74 Å². The van der Waals surface area contributed by atoms with Gasteiger partial charge in [0, 0.05) is 38.2 Å². The van der Waals surface area contributed by atoms with Crippen molar-refractivity contribution in [2.24, 2.45) is 24.1 Å². The van der Waals surface area contributed by atoms with E-state index in [1.165, 1.54) is 12.8 Å². The summed E-state index contributed by atoms with van der Waals surface area (Å²) >= 11 is 0. The van der Waals surface area contributed by atoms with Gasteiger partial charge in [-0.15, -0.1) is 0 Å². The maximum atomic E-state index is 6.06. The Morgan fingerprint density at radius 2 is 2.41 bits per heavy atom. The summed E-state index contributed by atoms with van der Waals surface area (Å²) in [7, 11) is 1.96. The van der Waals surface area contributed by atoms with Crippen molar-refractivity contribution in [2.45, 2.75) is 31.8 Å². The van der Waals surface area contributed by atoms with Crippen LogP contribution in [0.5, 0.6) is 0 Å². The van der Waals surface area contributed by atoms with Crippen LogP contribution in [0.3, 0.4) is 0 Å². The van der Waals surface area contributed by atoms with Gasteiger partial charge >= 0.3 is 0 Å². The topological polar surface area (TPSA) is 53.1 Å². The minimum Gasteiger partial charge on any atom is -0.377 e. The van der Waals surface area contributed by atoms with Crippen molar-refractivity contribution in [1.82, 2.24) is 9.78 Å². The smallest absolute Gasteiger partial charge is 0.0676 e. The molecule has 0 aromatic carbocycles. The van der Waals surface area contributed by atoms with E-state index in [-0.39, 0.29) is 5.41 Å². The molecule has 0 amide bonds. The summed E-state index contributed by atoms with van der Waals surface area (Å²) in [6, 6.07) is 2.10. The Bertz CT molecular complexity index is 399. The second-order valence-electron chi connectivity index (χ2n) is 5.60. The molecule has 2 heterocycles. The summed E-state index contributed by atoms with van der Waals surface area (Å²) in [5.41, 5.74) is 7.35. The molecule has 94 valence electrons. The van der Waals surface area contributed by atoms with E-state index in [0.29, 0.717) is 12.6 Å². The highest BCUT2D eigenvalue weighted by Crippen LogP contribution is 2.48. The maximum absolute atomic E-state index is 6.06. The summed E-state index contributed by atoms with van der Waals surface area (Å²) < 4.78 is 7.81. The Hall–Kier alpha value is -0.870. The van der Waals surface area contributed by atoms with Crippen LogP contribution in [-0.4, -0.2) is 29.0 Å². The summed E-state index contributed by atoms with van der Waals surface area (Å²) in [4.78, 5) is 0. The van der Waals surface area contributed by atoms with E-state index in [2.05, 4.69) is 11.2 Å². The number of ether oxygens (including phenoxy) is 1. The molecule has 1 aliphatic heterocycles. The predicted octanol–water partition coefficient (Wildman–Crippen LogP) is 1.11. The average Bonchev–Trinajstić information content (AvgIpc) is 2.96. The Morgan fingerprint density at radius 1 is 1.59 bits per heavy atom. The van der Waals surface area contributed by atoms with Gasteiger partial charge in [0.15, 0.2) is 0 Å². The Kier molecular flexibility index (Phi) is 2.71. The maximum Gasteiger partial charge on any atom is 0.0676 e. The average molecular weight is 235 g/mol. The van der Waals surface area contributed by atoms with Gasteiger partial charge in [0.25, 0.3) is 0 Å². The third-order valence-corrected chi connectivity index (χ3v) is 4.26. The van der Waals surface area contributed by atoms with E-state index < -0.39 is 0 Å². The largest absolute Gasteiger partial charge is 0.377 e. The normalized spacial score (nSPS) is 33.2. The number of hydrogen-bond acceptors (Lipinski definition) is 3. The molecule has 4 heteroatoms. The van der Waals surface area contributed by atoms with Crippen molar-refractivity contribution in [3.8, 4) is 0 Å². The van der Waals surface area contributed by atoms with Gasteiger partial charge in [0.1, 0.15) is 0 Å². The third kappa shape index (κ3) is 2.00. The molecule has 1 saturated heterocycles. The monoisotopic (exact) mass is 235 g/mol. The number of aromatic nitrogens is 2. The number of nitrogens with zero attached hydrogens (tertiary/aromatic N) is 2. The zero-order valence-electron chi connectivity index (χ0n) is 10.4. The Morgan fingerprint density at radius 3 is 3.00 bits per heavy atom. The minimum absolute atomic E-state index is 0.134. The number of aryl methyl sites for hydroxylation is 1. The van der Waals surface area contributed by atoms with E-state index >= 15 is 0 Å². The zero-order chi connectivity index (χ0) is 11.9. The summed E-state index contributed by atoms with van der Waals surface area (Å²) in [5.74, 6) is 0.754. The van der Waals surface area contributed by atoms with E-state index in [9.17, 15) is 0 Å². The molecule has 2 aliphatic rings. The van der Waals surface area contributed by atoms with Crippen LogP contribution in [0.25, 0.3) is 0 Å². The van der Waals surface area contributed by atoms with Crippen LogP contribution in [-0.2, 0) is 18.2 Å². The van der Waals surface area contributed by atoms with Crippen LogP contribution >= 0.6 is 0 Å². The summed E-state index contributed by atoms with van der Waals surface area (Å²) in [5, 5.41) is 4.49. The highest BCUT2D eigenvalue weighted by atomic mass is 16.5. The summed E-state index contributed by atoms with van der Waals surface area (Å²) in [6.07, 6.45) is 7.05. The molecule has 1 aromatic rings. The fourth-order valence-electron chi connectivity index (χ4n) is 3.14. The van der Waals surface area contributed by atoms with Crippen LogP contribution in [0.4, 0.5) is 0 Å². The molecule has 3 rings (SSSR count). The molecule has 1 aromatic heterocycles. The molecular formula is C13H21N3O. The quantitative estimate of drug-likeness (QED) is 0.850. The lowest BCUT2D eigenvalue weighted by atomic mass is 9.75. The lowest BCUT2D eigenvalue weighted by Crippen LogP contribution is -2.41. The highest BCUT2D eigenvalue weighted by molar-refractivity contribution is 5.09. The van der Waals surface area contributed by atoms with E-state index in [4.69, 9.17) is 10.5 Å². The third-order valence-electron chi connectivity index (χ3n) is 4.26. The van der Waals surface area contributed by atoms with Crippen molar-refractivity contribution in [3.05, 3.63) is 18.0 Å². The first-order valence-electron chi connectivity index (χ1n) is 6.54. The van der Waals surface area contributed by atoms with Gasteiger partial charge in [-0.3, -0.25) is 4.68 Å². The number of rotatable bonds is 4. The molecule has 0 bridgehead atoms. The molecule has 0 spiro atoms. The molecule has 2 atom stereocenters. The molecule has 1 aliphatic carbocycles. The van der Waals surface area contributed by atoms with Crippen molar-refractivity contribution in [3.63, 3.8) is 0 Å². The van der Waals surface area contributed by atoms with E-state index in [1.54, 1.807) is 0 Å². The fraction of sp³-hybridized carbons (Fsp3) is 0.769. The lowest BCUT2D eigenvalue weighted by Gasteiger charge is -2.32. The molecule has 1 saturated carbocycles. The molecule has 2 unspecified atom stereocenters. The first kappa shape index (κ1) is 11.2. The minimum atomic E-state index is 0.134. The van der Waals surface area contributed by atoms with E-state index in [1.807, 2.05) is 17.9 Å². The van der Waals surface area contributed by atoms with Crippen LogP contribution in [0, 0.1) is 11.3 Å². The summed E-state index contributed by atoms with van der Waals surface area (Å²) in [6.45, 7) is 1.58. The molecule has 2 N–H and O–H groups in total. The van der Waals surface area contributed by atoms with Gasteiger partial charge < -0.3 is 10.5 Å². The Balaban J connectivity index is 1.80. The van der Waals surface area contributed by atoms with Crippen molar-refractivity contribution in [1.29, 1.82) is 0 Å². The lowest BCUT2D eigenvalue weighted by molar-refractivity contribution is 0.0340. The van der Waals surface area contributed by atoms with Crippen LogP contribution in [0.15, 0.2) is 12.3 Å². The predicted molar refractivity (Wildman–Crippen MR) is 65.5 cm³/mol. The van der Waals surface area contributed by atoms with Crippen molar-refractivity contribution >= 4 is 0 Å². The second-order valence-corrected chi connectivity index (χ2v) is 5.60. The Labute approximate surface area is 102 Å². The molecular weight excluding hydrogens is 214 g/mol. The van der Waals surface area contributed by atoms with Gasteiger partial charge in [-0.25, -0.2) is 0 Å². The SMILES string of the molecule is Cn1ccc(CC2(CN)CCOC2C2CC2)n1. The fourth-order valence-corrected chi connectivity index (χ4v) is 3.14. The standard InChI is InChI=1S/C13H21N3O/c1-16-6-4-11(15-16)8-13(9-14)5-7-17-12(13)10-2-3-10/h4,6,10,12H,2-3,5,7-9,14H2,1H3.